The highest BCUT2D eigenvalue weighted by atomic mass is 16.5. The average molecular weight is 300 g/mol. The Hall–Kier alpha value is -3.09. The number of pyridine rings is 1. The number of ether oxygens (including phenoxy) is 1. The van der Waals surface area contributed by atoms with E-state index < -0.39 is 11.9 Å². The van der Waals surface area contributed by atoms with Gasteiger partial charge in [-0.05, 0) is 43.3 Å². The van der Waals surface area contributed by atoms with Crippen LogP contribution in [-0.4, -0.2) is 23.5 Å². The van der Waals surface area contributed by atoms with Crippen molar-refractivity contribution in [3.8, 4) is 5.75 Å². The monoisotopic (exact) mass is 300 g/mol. The van der Waals surface area contributed by atoms with E-state index in [-0.39, 0.29) is 0 Å². The summed E-state index contributed by atoms with van der Waals surface area (Å²) in [6.45, 7) is 2.47. The topological polar surface area (TPSA) is 92.4 Å². The van der Waals surface area contributed by atoms with Crippen LogP contribution in [0.15, 0.2) is 48.8 Å². The van der Waals surface area contributed by atoms with E-state index in [1.165, 1.54) is 12.4 Å². The minimum atomic E-state index is -0.549. The molecule has 7 heteroatoms. The van der Waals surface area contributed by atoms with Crippen LogP contribution in [0.4, 0.5) is 10.5 Å². The second-order valence-electron chi connectivity index (χ2n) is 4.23. The number of nitrogens with zero attached hydrogens (tertiary/aromatic N) is 1. The zero-order valence-electron chi connectivity index (χ0n) is 12.0. The van der Waals surface area contributed by atoms with Crippen LogP contribution in [0.25, 0.3) is 0 Å². The third-order valence-corrected chi connectivity index (χ3v) is 2.66. The molecule has 0 spiro atoms. The number of hydrogen-bond acceptors (Lipinski definition) is 4. The van der Waals surface area contributed by atoms with Crippen molar-refractivity contribution in [1.29, 1.82) is 0 Å². The Morgan fingerprint density at radius 3 is 2.36 bits per heavy atom. The van der Waals surface area contributed by atoms with Crippen LogP contribution in [0.2, 0.25) is 0 Å². The summed E-state index contributed by atoms with van der Waals surface area (Å²) in [5.74, 6) is 0.295. The number of benzene rings is 1. The zero-order chi connectivity index (χ0) is 15.8. The normalized spacial score (nSPS) is 9.68. The van der Waals surface area contributed by atoms with Crippen LogP contribution >= 0.6 is 0 Å². The molecule has 3 amide bonds. The molecule has 0 saturated carbocycles. The highest BCUT2D eigenvalue weighted by molar-refractivity contribution is 5.96. The third-order valence-electron chi connectivity index (χ3n) is 2.66. The van der Waals surface area contributed by atoms with Crippen molar-refractivity contribution < 1.29 is 14.3 Å². The molecule has 0 aliphatic carbocycles. The van der Waals surface area contributed by atoms with Gasteiger partial charge in [-0.25, -0.2) is 10.2 Å². The van der Waals surface area contributed by atoms with Gasteiger partial charge in [-0.3, -0.25) is 15.2 Å². The fourth-order valence-corrected chi connectivity index (χ4v) is 1.65. The lowest BCUT2D eigenvalue weighted by Gasteiger charge is -2.09. The molecule has 0 bridgehead atoms. The van der Waals surface area contributed by atoms with Crippen LogP contribution < -0.4 is 20.9 Å². The van der Waals surface area contributed by atoms with E-state index in [9.17, 15) is 9.59 Å². The number of rotatable bonds is 4. The van der Waals surface area contributed by atoms with E-state index in [2.05, 4.69) is 21.2 Å². The van der Waals surface area contributed by atoms with Crippen LogP contribution in [0.5, 0.6) is 5.75 Å². The van der Waals surface area contributed by atoms with Crippen molar-refractivity contribution in [2.24, 2.45) is 0 Å². The fourth-order valence-electron chi connectivity index (χ4n) is 1.65. The van der Waals surface area contributed by atoms with Gasteiger partial charge in [-0.15, -0.1) is 0 Å². The molecule has 2 rings (SSSR count). The summed E-state index contributed by atoms with van der Waals surface area (Å²) >= 11 is 0. The third kappa shape index (κ3) is 4.48. The SMILES string of the molecule is CCOc1ccc(NC(=O)NNC(=O)c2ccncc2)cc1. The molecule has 0 saturated heterocycles. The molecular weight excluding hydrogens is 284 g/mol. The molecule has 1 heterocycles. The van der Waals surface area contributed by atoms with Gasteiger partial charge in [-0.1, -0.05) is 0 Å². The molecule has 1 aromatic carbocycles. The van der Waals surface area contributed by atoms with E-state index >= 15 is 0 Å². The van der Waals surface area contributed by atoms with Crippen molar-refractivity contribution in [3.63, 3.8) is 0 Å². The standard InChI is InChI=1S/C15H16N4O3/c1-2-22-13-5-3-12(4-6-13)17-15(21)19-18-14(20)11-7-9-16-10-8-11/h3-10H,2H2,1H3,(H,18,20)(H2,17,19,21). The first kappa shape index (κ1) is 15.3. The lowest BCUT2D eigenvalue weighted by atomic mass is 10.3. The van der Waals surface area contributed by atoms with Crippen molar-refractivity contribution in [2.75, 3.05) is 11.9 Å². The van der Waals surface area contributed by atoms with E-state index in [1.807, 2.05) is 6.92 Å². The lowest BCUT2D eigenvalue weighted by Crippen LogP contribution is -2.43. The second-order valence-corrected chi connectivity index (χ2v) is 4.23. The van der Waals surface area contributed by atoms with Gasteiger partial charge in [0.1, 0.15) is 5.75 Å². The number of aromatic nitrogens is 1. The van der Waals surface area contributed by atoms with Crippen molar-refractivity contribution in [3.05, 3.63) is 54.4 Å². The Bertz CT molecular complexity index is 629. The molecule has 0 aliphatic heterocycles. The number of nitrogens with one attached hydrogen (secondary N) is 3. The summed E-state index contributed by atoms with van der Waals surface area (Å²) in [6, 6.07) is 9.43. The van der Waals surface area contributed by atoms with Crippen molar-refractivity contribution in [1.82, 2.24) is 15.8 Å². The molecule has 0 radical (unpaired) electrons. The molecule has 0 atom stereocenters. The summed E-state index contributed by atoms with van der Waals surface area (Å²) in [6.07, 6.45) is 2.99. The van der Waals surface area contributed by atoms with Crippen LogP contribution in [-0.2, 0) is 0 Å². The Morgan fingerprint density at radius 1 is 1.05 bits per heavy atom. The largest absolute Gasteiger partial charge is 0.494 e. The maximum absolute atomic E-state index is 11.7. The van der Waals surface area contributed by atoms with Gasteiger partial charge in [0.15, 0.2) is 0 Å². The molecule has 7 nitrogen and oxygen atoms in total. The molecule has 3 N–H and O–H groups in total. The van der Waals surface area contributed by atoms with Gasteiger partial charge in [0, 0.05) is 23.6 Å². The van der Waals surface area contributed by atoms with Crippen molar-refractivity contribution in [2.45, 2.75) is 6.92 Å². The number of amides is 3. The maximum Gasteiger partial charge on any atom is 0.337 e. The Kier molecular flexibility index (Phi) is 5.31. The first-order chi connectivity index (χ1) is 10.7. The zero-order valence-corrected chi connectivity index (χ0v) is 12.0. The number of carbonyl (C=O) groups excluding carboxylic acids is 2. The molecule has 1 aromatic heterocycles. The van der Waals surface area contributed by atoms with Gasteiger partial charge in [0.05, 0.1) is 6.61 Å². The average Bonchev–Trinajstić information content (AvgIpc) is 2.55. The van der Waals surface area contributed by atoms with Gasteiger partial charge in [0.25, 0.3) is 5.91 Å². The molecule has 0 fully saturated rings. The predicted molar refractivity (Wildman–Crippen MR) is 81.5 cm³/mol. The number of urea groups is 1. The molecule has 0 unspecified atom stereocenters. The van der Waals surface area contributed by atoms with E-state index in [0.717, 1.165) is 5.75 Å². The van der Waals surface area contributed by atoms with E-state index in [1.54, 1.807) is 36.4 Å². The van der Waals surface area contributed by atoms with Crippen LogP contribution in [0, 0.1) is 0 Å². The molecular formula is C15H16N4O3. The Morgan fingerprint density at radius 2 is 1.73 bits per heavy atom. The summed E-state index contributed by atoms with van der Waals surface area (Å²) in [4.78, 5) is 27.2. The first-order valence-electron chi connectivity index (χ1n) is 6.69. The van der Waals surface area contributed by atoms with E-state index in [4.69, 9.17) is 4.74 Å². The number of carbonyl (C=O) groups is 2. The highest BCUT2D eigenvalue weighted by Gasteiger charge is 2.06. The van der Waals surface area contributed by atoms with Gasteiger partial charge in [0.2, 0.25) is 0 Å². The highest BCUT2D eigenvalue weighted by Crippen LogP contribution is 2.15. The summed E-state index contributed by atoms with van der Waals surface area (Å²) in [5.41, 5.74) is 5.55. The minimum Gasteiger partial charge on any atom is -0.494 e. The van der Waals surface area contributed by atoms with Crippen LogP contribution in [0.3, 0.4) is 0 Å². The smallest absolute Gasteiger partial charge is 0.337 e. The number of hydrogen-bond donors (Lipinski definition) is 3. The molecule has 22 heavy (non-hydrogen) atoms. The quantitative estimate of drug-likeness (QED) is 0.752. The lowest BCUT2D eigenvalue weighted by molar-refractivity contribution is 0.0938. The first-order valence-corrected chi connectivity index (χ1v) is 6.69. The number of anilines is 1. The Balaban J connectivity index is 1.81. The summed E-state index contributed by atoms with van der Waals surface area (Å²) in [7, 11) is 0. The van der Waals surface area contributed by atoms with E-state index in [0.29, 0.717) is 17.9 Å². The van der Waals surface area contributed by atoms with Gasteiger partial charge in [-0.2, -0.15) is 0 Å². The van der Waals surface area contributed by atoms with Gasteiger partial charge < -0.3 is 10.1 Å². The summed E-state index contributed by atoms with van der Waals surface area (Å²) in [5, 5.41) is 2.59. The van der Waals surface area contributed by atoms with Crippen molar-refractivity contribution >= 4 is 17.6 Å². The van der Waals surface area contributed by atoms with Gasteiger partial charge >= 0.3 is 6.03 Å². The number of hydrazine groups is 1. The molecule has 2 aromatic rings. The summed E-state index contributed by atoms with van der Waals surface area (Å²) < 4.78 is 5.30. The maximum atomic E-state index is 11.7. The molecule has 0 aliphatic rings. The predicted octanol–water partition coefficient (Wildman–Crippen LogP) is 1.95. The fraction of sp³-hybridized carbons (Fsp3) is 0.133. The second kappa shape index (κ2) is 7.63. The Labute approximate surface area is 127 Å². The minimum absolute atomic E-state index is 0.399. The molecule has 114 valence electrons. The van der Waals surface area contributed by atoms with Crippen LogP contribution in [0.1, 0.15) is 17.3 Å².